The molecule has 0 spiro atoms. The number of ether oxygens (including phenoxy) is 1. The van der Waals surface area contributed by atoms with Crippen molar-refractivity contribution in [2.45, 2.75) is 0 Å². The summed E-state index contributed by atoms with van der Waals surface area (Å²) in [7, 11) is 1.59. The number of rotatable bonds is 3. The second kappa shape index (κ2) is 4.57. The van der Waals surface area contributed by atoms with Gasteiger partial charge in [-0.1, -0.05) is 0 Å². The maximum Gasteiger partial charge on any atom is 0.213 e. The van der Waals surface area contributed by atoms with Crippen LogP contribution in [0.25, 0.3) is 22.2 Å². The van der Waals surface area contributed by atoms with Gasteiger partial charge in [0.2, 0.25) is 5.88 Å². The molecule has 2 heterocycles. The molecule has 0 radical (unpaired) electrons. The highest BCUT2D eigenvalue weighted by molar-refractivity contribution is 5.84. The molecule has 0 amide bonds. The second-order valence-corrected chi connectivity index (χ2v) is 4.08. The van der Waals surface area contributed by atoms with Crippen LogP contribution in [0.15, 0.2) is 46.9 Å². The number of nitrogens with zero attached hydrogens (tertiary/aromatic N) is 1. The van der Waals surface area contributed by atoms with Gasteiger partial charge in [0.25, 0.3) is 0 Å². The Hall–Kier alpha value is -2.62. The van der Waals surface area contributed by atoms with E-state index in [1.54, 1.807) is 19.2 Å². The Morgan fingerprint density at radius 3 is 2.79 bits per heavy atom. The van der Waals surface area contributed by atoms with Crippen LogP contribution in [-0.4, -0.2) is 18.4 Å². The van der Waals surface area contributed by atoms with Gasteiger partial charge in [-0.25, -0.2) is 4.98 Å². The Morgan fingerprint density at radius 2 is 2.05 bits per heavy atom. The summed E-state index contributed by atoms with van der Waals surface area (Å²) in [5.74, 6) is 1.57. The van der Waals surface area contributed by atoms with E-state index in [4.69, 9.17) is 9.15 Å². The average molecular weight is 253 g/mol. The van der Waals surface area contributed by atoms with Crippen molar-refractivity contribution >= 4 is 17.2 Å². The lowest BCUT2D eigenvalue weighted by atomic mass is 10.1. The minimum atomic E-state index is 0.322. The van der Waals surface area contributed by atoms with Crippen LogP contribution in [0.2, 0.25) is 0 Å². The van der Waals surface area contributed by atoms with Crippen molar-refractivity contribution in [3.05, 3.63) is 48.2 Å². The third kappa shape index (κ3) is 2.08. The number of carbonyl (C=O) groups excluding carboxylic acids is 1. The van der Waals surface area contributed by atoms with Gasteiger partial charge >= 0.3 is 0 Å². The van der Waals surface area contributed by atoms with Gasteiger partial charge in [-0.15, -0.1) is 0 Å². The first-order valence-corrected chi connectivity index (χ1v) is 5.80. The molecular weight excluding hydrogens is 242 g/mol. The molecule has 1 aromatic carbocycles. The quantitative estimate of drug-likeness (QED) is 0.672. The largest absolute Gasteiger partial charge is 0.481 e. The summed E-state index contributed by atoms with van der Waals surface area (Å²) in [6.07, 6.45) is 0.691. The van der Waals surface area contributed by atoms with Crippen LogP contribution in [0.1, 0.15) is 10.6 Å². The van der Waals surface area contributed by atoms with Crippen LogP contribution in [0, 0.1) is 0 Å². The molecule has 19 heavy (non-hydrogen) atoms. The van der Waals surface area contributed by atoms with Gasteiger partial charge in [-0.2, -0.15) is 0 Å². The number of furan rings is 1. The van der Waals surface area contributed by atoms with Gasteiger partial charge in [-0.05, 0) is 36.4 Å². The lowest BCUT2D eigenvalue weighted by Crippen LogP contribution is -1.87. The number of hydrogen-bond acceptors (Lipinski definition) is 4. The van der Waals surface area contributed by atoms with Gasteiger partial charge in [-0.3, -0.25) is 4.79 Å². The first-order chi connectivity index (χ1) is 9.30. The maximum atomic E-state index is 10.6. The lowest BCUT2D eigenvalue weighted by Gasteiger charge is -2.03. The molecule has 2 aromatic heterocycles. The van der Waals surface area contributed by atoms with Crippen molar-refractivity contribution in [2.75, 3.05) is 7.11 Å². The van der Waals surface area contributed by atoms with Crippen molar-refractivity contribution in [2.24, 2.45) is 0 Å². The van der Waals surface area contributed by atoms with E-state index in [2.05, 4.69) is 4.98 Å². The van der Waals surface area contributed by atoms with Gasteiger partial charge in [0.1, 0.15) is 5.76 Å². The zero-order chi connectivity index (χ0) is 13.2. The van der Waals surface area contributed by atoms with Gasteiger partial charge in [0.15, 0.2) is 12.0 Å². The maximum absolute atomic E-state index is 10.6. The summed E-state index contributed by atoms with van der Waals surface area (Å²) >= 11 is 0. The normalized spacial score (nSPS) is 10.6. The fraction of sp³-hybridized carbons (Fsp3) is 0.0667. The summed E-state index contributed by atoms with van der Waals surface area (Å²) in [6.45, 7) is 0. The molecule has 0 aliphatic heterocycles. The molecule has 0 N–H and O–H groups in total. The second-order valence-electron chi connectivity index (χ2n) is 4.08. The van der Waals surface area contributed by atoms with Crippen molar-refractivity contribution < 1.29 is 13.9 Å². The molecule has 0 saturated heterocycles. The van der Waals surface area contributed by atoms with Crippen molar-refractivity contribution in [1.29, 1.82) is 0 Å². The van der Waals surface area contributed by atoms with Crippen molar-refractivity contribution in [3.63, 3.8) is 0 Å². The molecule has 0 aliphatic rings. The third-order valence-electron chi connectivity index (χ3n) is 2.90. The number of aromatic nitrogens is 1. The van der Waals surface area contributed by atoms with Crippen LogP contribution in [0.3, 0.4) is 0 Å². The Balaban J connectivity index is 2.08. The Labute approximate surface area is 109 Å². The molecule has 4 heteroatoms. The highest BCUT2D eigenvalue weighted by Crippen LogP contribution is 2.26. The minimum Gasteiger partial charge on any atom is -0.481 e. The highest BCUT2D eigenvalue weighted by Gasteiger charge is 2.06. The van der Waals surface area contributed by atoms with Gasteiger partial charge < -0.3 is 9.15 Å². The van der Waals surface area contributed by atoms with Gasteiger partial charge in [0, 0.05) is 17.0 Å². The lowest BCUT2D eigenvalue weighted by molar-refractivity contribution is 0.110. The highest BCUT2D eigenvalue weighted by atomic mass is 16.5. The zero-order valence-corrected chi connectivity index (χ0v) is 10.3. The number of hydrogen-bond donors (Lipinski definition) is 0. The molecular formula is C15H11NO3. The molecule has 0 atom stereocenters. The predicted octanol–water partition coefficient (Wildman–Crippen LogP) is 3.32. The van der Waals surface area contributed by atoms with E-state index in [0.717, 1.165) is 16.5 Å². The number of pyridine rings is 1. The van der Waals surface area contributed by atoms with Crippen LogP contribution < -0.4 is 4.74 Å². The number of carbonyl (C=O) groups is 1. The van der Waals surface area contributed by atoms with Crippen molar-refractivity contribution in [1.82, 2.24) is 4.98 Å². The molecule has 0 unspecified atom stereocenters. The van der Waals surface area contributed by atoms with Crippen LogP contribution in [0.4, 0.5) is 0 Å². The first kappa shape index (κ1) is 11.5. The summed E-state index contributed by atoms with van der Waals surface area (Å²) < 4.78 is 10.5. The minimum absolute atomic E-state index is 0.322. The van der Waals surface area contributed by atoms with E-state index in [9.17, 15) is 4.79 Å². The molecule has 0 aliphatic carbocycles. The smallest absolute Gasteiger partial charge is 0.213 e. The first-order valence-electron chi connectivity index (χ1n) is 5.80. The van der Waals surface area contributed by atoms with Gasteiger partial charge in [0.05, 0.1) is 12.6 Å². The van der Waals surface area contributed by atoms with Crippen LogP contribution in [-0.2, 0) is 0 Å². The van der Waals surface area contributed by atoms with Crippen LogP contribution in [0.5, 0.6) is 5.88 Å². The van der Waals surface area contributed by atoms with E-state index in [1.165, 1.54) is 0 Å². The van der Waals surface area contributed by atoms with Crippen LogP contribution >= 0.6 is 0 Å². The van der Waals surface area contributed by atoms with E-state index in [-0.39, 0.29) is 0 Å². The van der Waals surface area contributed by atoms with Crippen molar-refractivity contribution in [3.8, 4) is 17.2 Å². The monoisotopic (exact) mass is 253 g/mol. The molecule has 0 fully saturated rings. The molecule has 0 saturated carbocycles. The van der Waals surface area contributed by atoms with E-state index < -0.39 is 0 Å². The fourth-order valence-corrected chi connectivity index (χ4v) is 1.95. The third-order valence-corrected chi connectivity index (χ3v) is 2.90. The van der Waals surface area contributed by atoms with E-state index >= 15 is 0 Å². The molecule has 3 rings (SSSR count). The predicted molar refractivity (Wildman–Crippen MR) is 71.4 cm³/mol. The summed E-state index contributed by atoms with van der Waals surface area (Å²) in [5.41, 5.74) is 1.76. The number of fused-ring (bicyclic) bond motifs is 1. The number of benzene rings is 1. The zero-order valence-electron chi connectivity index (χ0n) is 10.3. The number of aldehydes is 1. The Morgan fingerprint density at radius 1 is 1.16 bits per heavy atom. The topological polar surface area (TPSA) is 52.3 Å². The standard InChI is InChI=1S/C15H11NO3/c1-18-15-7-3-10-8-11(2-5-13(10)16-15)14-6-4-12(9-17)19-14/h2-9H,1H3. The fourth-order valence-electron chi connectivity index (χ4n) is 1.95. The molecule has 3 aromatic rings. The van der Waals surface area contributed by atoms with E-state index in [1.807, 2.05) is 30.3 Å². The average Bonchev–Trinajstić information content (AvgIpc) is 2.95. The van der Waals surface area contributed by atoms with E-state index in [0.29, 0.717) is 23.7 Å². The Bertz CT molecular complexity index is 746. The summed E-state index contributed by atoms with van der Waals surface area (Å²) in [5, 5.41) is 0.988. The molecule has 4 nitrogen and oxygen atoms in total. The SMILES string of the molecule is COc1ccc2cc(-c3ccc(C=O)o3)ccc2n1. The molecule has 94 valence electrons. The summed E-state index contributed by atoms with van der Waals surface area (Å²) in [4.78, 5) is 15.0. The Kier molecular flexibility index (Phi) is 2.76. The number of methoxy groups -OCH3 is 1. The molecule has 0 bridgehead atoms. The summed E-state index contributed by atoms with van der Waals surface area (Å²) in [6, 6.07) is 13.0.